The molecular formula is C46H95N3O3. The molecule has 1 aliphatic heterocycles. The first-order chi connectivity index (χ1) is 25.5. The van der Waals surface area contributed by atoms with Gasteiger partial charge in [0.1, 0.15) is 0 Å². The van der Waals surface area contributed by atoms with Crippen LogP contribution in [0.1, 0.15) is 220 Å². The number of aliphatic hydroxyl groups excluding tert-OH is 3. The fourth-order valence-electron chi connectivity index (χ4n) is 8.30. The second-order valence-electron chi connectivity index (χ2n) is 17.1. The first-order valence-electron chi connectivity index (χ1n) is 23.7. The van der Waals surface area contributed by atoms with Crippen LogP contribution in [0.25, 0.3) is 0 Å². The highest BCUT2D eigenvalue weighted by Gasteiger charge is 2.18. The van der Waals surface area contributed by atoms with Gasteiger partial charge in [-0.1, -0.05) is 175 Å². The predicted molar refractivity (Wildman–Crippen MR) is 227 cm³/mol. The van der Waals surface area contributed by atoms with Gasteiger partial charge in [0, 0.05) is 19.6 Å². The summed E-state index contributed by atoms with van der Waals surface area (Å²) in [5.41, 5.74) is 0. The Morgan fingerprint density at radius 2 is 0.519 bits per heavy atom. The molecule has 3 N–H and O–H groups in total. The summed E-state index contributed by atoms with van der Waals surface area (Å²) in [6.07, 6.45) is 37.9. The van der Waals surface area contributed by atoms with Crippen molar-refractivity contribution in [2.75, 3.05) is 58.9 Å². The first kappa shape index (κ1) is 49.8. The van der Waals surface area contributed by atoms with Gasteiger partial charge in [0.05, 0.1) is 18.3 Å². The number of β-amino-alcohol motifs (C(OH)–C–C–N with tert-alkyl or cyclic N) is 3. The van der Waals surface area contributed by atoms with Crippen LogP contribution in [0, 0.1) is 0 Å². The maximum Gasteiger partial charge on any atom is 0.0667 e. The maximum atomic E-state index is 11.1. The summed E-state index contributed by atoms with van der Waals surface area (Å²) in [6, 6.07) is 0. The molecule has 1 fully saturated rings. The zero-order valence-electron chi connectivity index (χ0n) is 35.7. The van der Waals surface area contributed by atoms with Gasteiger partial charge >= 0.3 is 0 Å². The fraction of sp³-hybridized carbons (Fsp3) is 1.00. The minimum absolute atomic E-state index is 0.233. The van der Waals surface area contributed by atoms with E-state index >= 15 is 0 Å². The van der Waals surface area contributed by atoms with Crippen LogP contribution in [0.4, 0.5) is 0 Å². The van der Waals surface area contributed by atoms with Crippen molar-refractivity contribution in [1.82, 2.24) is 14.7 Å². The van der Waals surface area contributed by atoms with E-state index in [9.17, 15) is 15.3 Å². The largest absolute Gasteiger partial charge is 0.392 e. The molecule has 0 saturated carbocycles. The van der Waals surface area contributed by atoms with Crippen molar-refractivity contribution in [1.29, 1.82) is 0 Å². The van der Waals surface area contributed by atoms with Crippen LogP contribution in [0.5, 0.6) is 0 Å². The fourth-order valence-corrected chi connectivity index (χ4v) is 8.30. The van der Waals surface area contributed by atoms with Crippen molar-refractivity contribution in [3.63, 3.8) is 0 Å². The lowest BCUT2D eigenvalue weighted by molar-refractivity contribution is 0.0859. The highest BCUT2D eigenvalue weighted by atomic mass is 16.3. The normalized spacial score (nSPS) is 18.1. The molecule has 1 rings (SSSR count). The van der Waals surface area contributed by atoms with E-state index in [0.717, 1.165) is 123 Å². The molecule has 52 heavy (non-hydrogen) atoms. The molecule has 1 heterocycles. The second kappa shape index (κ2) is 37.7. The van der Waals surface area contributed by atoms with Gasteiger partial charge in [0.25, 0.3) is 0 Å². The van der Waals surface area contributed by atoms with Gasteiger partial charge in [0.2, 0.25) is 0 Å². The number of hydrogen-bond acceptors (Lipinski definition) is 6. The van der Waals surface area contributed by atoms with Crippen LogP contribution in [0.2, 0.25) is 0 Å². The Balaban J connectivity index is 2.62. The molecule has 3 unspecified atom stereocenters. The zero-order valence-corrected chi connectivity index (χ0v) is 35.7. The summed E-state index contributed by atoms with van der Waals surface area (Å²) in [6.45, 7) is 15.4. The Morgan fingerprint density at radius 1 is 0.308 bits per heavy atom. The highest BCUT2D eigenvalue weighted by molar-refractivity contribution is 4.73. The van der Waals surface area contributed by atoms with Crippen LogP contribution < -0.4 is 0 Å². The Hall–Kier alpha value is -0.240. The zero-order chi connectivity index (χ0) is 37.7. The lowest BCUT2D eigenvalue weighted by Gasteiger charge is -2.29. The average molecular weight is 738 g/mol. The molecule has 0 aromatic rings. The lowest BCUT2D eigenvalue weighted by atomic mass is 10.1. The van der Waals surface area contributed by atoms with E-state index < -0.39 is 0 Å². The van der Waals surface area contributed by atoms with E-state index in [-0.39, 0.29) is 18.3 Å². The van der Waals surface area contributed by atoms with E-state index in [4.69, 9.17) is 0 Å². The van der Waals surface area contributed by atoms with Gasteiger partial charge in [-0.2, -0.15) is 0 Å². The predicted octanol–water partition coefficient (Wildman–Crippen LogP) is 11.1. The second-order valence-corrected chi connectivity index (χ2v) is 17.1. The molecule has 3 atom stereocenters. The smallest absolute Gasteiger partial charge is 0.0667 e. The SMILES string of the molecule is CCCCCCCCCCC(O)CN1CCCCN(CC(O)CCCCCCCCCC)CCCN(CC(O)CCCCCCCCCC)CCC1. The molecule has 6 nitrogen and oxygen atoms in total. The van der Waals surface area contributed by atoms with Crippen molar-refractivity contribution in [3.05, 3.63) is 0 Å². The summed E-state index contributed by atoms with van der Waals surface area (Å²) in [5, 5.41) is 33.1. The van der Waals surface area contributed by atoms with Gasteiger partial charge in [-0.3, -0.25) is 0 Å². The van der Waals surface area contributed by atoms with Crippen LogP contribution in [-0.2, 0) is 0 Å². The summed E-state index contributed by atoms with van der Waals surface area (Å²) in [7, 11) is 0. The topological polar surface area (TPSA) is 70.4 Å². The van der Waals surface area contributed by atoms with Gasteiger partial charge in [-0.05, 0) is 84.2 Å². The summed E-state index contributed by atoms with van der Waals surface area (Å²) < 4.78 is 0. The van der Waals surface area contributed by atoms with Crippen LogP contribution >= 0.6 is 0 Å². The average Bonchev–Trinajstić information content (AvgIpc) is 3.14. The van der Waals surface area contributed by atoms with E-state index in [1.54, 1.807) is 0 Å². The third-order valence-corrected chi connectivity index (χ3v) is 11.7. The van der Waals surface area contributed by atoms with Crippen LogP contribution in [-0.4, -0.2) is 107 Å². The van der Waals surface area contributed by atoms with Crippen LogP contribution in [0.15, 0.2) is 0 Å². The molecule has 0 aromatic carbocycles. The Bertz CT molecular complexity index is 668. The van der Waals surface area contributed by atoms with E-state index in [0.29, 0.717) is 0 Å². The van der Waals surface area contributed by atoms with E-state index in [2.05, 4.69) is 35.5 Å². The monoisotopic (exact) mass is 738 g/mol. The molecule has 0 amide bonds. The molecule has 0 radical (unpaired) electrons. The summed E-state index contributed by atoms with van der Waals surface area (Å²) >= 11 is 0. The first-order valence-corrected chi connectivity index (χ1v) is 23.7. The van der Waals surface area contributed by atoms with Crippen molar-refractivity contribution >= 4 is 0 Å². The van der Waals surface area contributed by atoms with Gasteiger partial charge in [0.15, 0.2) is 0 Å². The third kappa shape index (κ3) is 32.0. The number of nitrogens with zero attached hydrogens (tertiary/aromatic N) is 3. The highest BCUT2D eigenvalue weighted by Crippen LogP contribution is 2.16. The van der Waals surface area contributed by atoms with Gasteiger partial charge < -0.3 is 30.0 Å². The Labute approximate surface area is 326 Å². The molecule has 0 spiro atoms. The number of aliphatic hydroxyl groups is 3. The Kier molecular flexibility index (Phi) is 36.1. The van der Waals surface area contributed by atoms with Crippen LogP contribution in [0.3, 0.4) is 0 Å². The number of hydrogen-bond donors (Lipinski definition) is 3. The van der Waals surface area contributed by atoms with Crippen molar-refractivity contribution in [2.45, 2.75) is 238 Å². The molecule has 0 aromatic heterocycles. The van der Waals surface area contributed by atoms with Gasteiger partial charge in [-0.25, -0.2) is 0 Å². The molecule has 1 aliphatic rings. The third-order valence-electron chi connectivity index (χ3n) is 11.7. The molecule has 312 valence electrons. The molecule has 0 bridgehead atoms. The maximum absolute atomic E-state index is 11.1. The minimum Gasteiger partial charge on any atom is -0.392 e. The van der Waals surface area contributed by atoms with Crippen molar-refractivity contribution in [3.8, 4) is 0 Å². The molecular weight excluding hydrogens is 643 g/mol. The molecule has 1 saturated heterocycles. The summed E-state index contributed by atoms with van der Waals surface area (Å²) in [4.78, 5) is 7.59. The quantitative estimate of drug-likeness (QED) is 0.0583. The van der Waals surface area contributed by atoms with E-state index in [1.807, 2.05) is 0 Å². The van der Waals surface area contributed by atoms with Crippen molar-refractivity contribution in [2.24, 2.45) is 0 Å². The molecule has 6 heteroatoms. The number of unbranched alkanes of at least 4 members (excludes halogenated alkanes) is 21. The van der Waals surface area contributed by atoms with Crippen molar-refractivity contribution < 1.29 is 15.3 Å². The lowest BCUT2D eigenvalue weighted by Crippen LogP contribution is -2.38. The standard InChI is InChI=1S/C46H95N3O3/c1-4-7-10-13-16-19-22-25-32-44(50)41-47-35-28-29-36-48(42-45(51)33-26-23-20-17-14-11-8-5-2)38-31-40-49(39-30-37-47)43-46(52)34-27-24-21-18-15-12-9-6-3/h44-46,50-52H,4-43H2,1-3H3. The molecule has 0 aliphatic carbocycles. The summed E-state index contributed by atoms with van der Waals surface area (Å²) in [5.74, 6) is 0. The minimum atomic E-state index is -0.245. The van der Waals surface area contributed by atoms with Gasteiger partial charge in [-0.15, -0.1) is 0 Å². The number of rotatable bonds is 33. The van der Waals surface area contributed by atoms with E-state index in [1.165, 1.54) is 135 Å². The Morgan fingerprint density at radius 3 is 0.769 bits per heavy atom.